The van der Waals surface area contributed by atoms with Crippen molar-refractivity contribution in [2.75, 3.05) is 5.32 Å². The Morgan fingerprint density at radius 1 is 1.19 bits per heavy atom. The lowest BCUT2D eigenvalue weighted by Crippen LogP contribution is -2.28. The molecule has 0 atom stereocenters. The summed E-state index contributed by atoms with van der Waals surface area (Å²) in [5.74, 6) is 0. The second-order valence-corrected chi connectivity index (χ2v) is 5.24. The molecule has 0 radical (unpaired) electrons. The number of hydrogen-bond acceptors (Lipinski definition) is 4. The van der Waals surface area contributed by atoms with Crippen molar-refractivity contribution >= 4 is 11.7 Å². The van der Waals surface area contributed by atoms with Gasteiger partial charge in [-0.2, -0.15) is 18.3 Å². The number of benzene rings is 1. The summed E-state index contributed by atoms with van der Waals surface area (Å²) in [5.41, 5.74) is -0.352. The molecule has 0 bridgehead atoms. The number of halogens is 3. The maximum atomic E-state index is 13.3. The van der Waals surface area contributed by atoms with E-state index in [4.69, 9.17) is 0 Å². The van der Waals surface area contributed by atoms with E-state index in [1.807, 2.05) is 0 Å². The summed E-state index contributed by atoms with van der Waals surface area (Å²) in [6, 6.07) is 6.27. The number of carbonyl (C=O) groups excluding carboxylic acids is 1. The highest BCUT2D eigenvalue weighted by Gasteiger charge is 2.34. The van der Waals surface area contributed by atoms with Gasteiger partial charge >= 0.3 is 12.2 Å². The second kappa shape index (κ2) is 7.21. The van der Waals surface area contributed by atoms with Crippen LogP contribution in [0, 0.1) is 0 Å². The number of aromatic nitrogens is 4. The molecule has 2 amide bonds. The lowest BCUT2D eigenvalue weighted by Gasteiger charge is -2.15. The normalized spacial score (nSPS) is 11.2. The molecule has 2 heterocycles. The molecule has 7 nitrogen and oxygen atoms in total. The van der Waals surface area contributed by atoms with Crippen LogP contribution in [0.25, 0.3) is 5.69 Å². The fraction of sp³-hybridized carbons (Fsp3) is 0.125. The summed E-state index contributed by atoms with van der Waals surface area (Å²) in [6.45, 7) is 0.197. The lowest BCUT2D eigenvalue weighted by molar-refractivity contribution is -0.137. The second-order valence-electron chi connectivity index (χ2n) is 5.24. The fourth-order valence-electron chi connectivity index (χ4n) is 2.23. The van der Waals surface area contributed by atoms with Gasteiger partial charge in [0.25, 0.3) is 0 Å². The minimum atomic E-state index is -4.62. The predicted octanol–water partition coefficient (Wildman–Crippen LogP) is 3.00. The highest BCUT2D eigenvalue weighted by atomic mass is 19.4. The number of hydrogen-bond donors (Lipinski definition) is 2. The van der Waals surface area contributed by atoms with Crippen molar-refractivity contribution in [2.45, 2.75) is 12.7 Å². The van der Waals surface area contributed by atoms with E-state index in [9.17, 15) is 18.0 Å². The number of rotatable bonds is 4. The van der Waals surface area contributed by atoms with Gasteiger partial charge in [0.2, 0.25) is 0 Å². The number of anilines is 1. The van der Waals surface area contributed by atoms with Crippen LogP contribution in [0.4, 0.5) is 23.7 Å². The Kier molecular flexibility index (Phi) is 4.83. The van der Waals surface area contributed by atoms with E-state index in [-0.39, 0.29) is 17.9 Å². The standard InChI is InChI=1S/C16H13F3N6O/c17-16(18,19)13-6-12(3-4-14(13)25-10-21-9-23-25)24-15(26)22-8-11-2-1-5-20-7-11/h1-7,9-10H,8H2,(H2,22,24,26). The summed E-state index contributed by atoms with van der Waals surface area (Å²) in [7, 11) is 0. The minimum Gasteiger partial charge on any atom is -0.334 e. The average molecular weight is 362 g/mol. The Hall–Kier alpha value is -3.43. The first kappa shape index (κ1) is 17.4. The van der Waals surface area contributed by atoms with Gasteiger partial charge in [0, 0.05) is 24.6 Å². The Labute approximate surface area is 145 Å². The molecule has 3 rings (SSSR count). The molecule has 134 valence electrons. The molecular weight excluding hydrogens is 349 g/mol. The van der Waals surface area contributed by atoms with E-state index in [1.54, 1.807) is 24.5 Å². The van der Waals surface area contributed by atoms with Crippen LogP contribution in [0.2, 0.25) is 0 Å². The topological polar surface area (TPSA) is 84.7 Å². The number of nitrogens with one attached hydrogen (secondary N) is 2. The van der Waals surface area contributed by atoms with E-state index in [0.29, 0.717) is 0 Å². The van der Waals surface area contributed by atoms with Crippen LogP contribution in [0.3, 0.4) is 0 Å². The van der Waals surface area contributed by atoms with Gasteiger partial charge in [-0.3, -0.25) is 4.98 Å². The summed E-state index contributed by atoms with van der Waals surface area (Å²) in [4.78, 5) is 19.5. The van der Waals surface area contributed by atoms with Crippen molar-refractivity contribution in [2.24, 2.45) is 0 Å². The molecular formula is C16H13F3N6O. The molecule has 2 N–H and O–H groups in total. The third-order valence-electron chi connectivity index (χ3n) is 3.40. The van der Waals surface area contributed by atoms with Gasteiger partial charge in [-0.05, 0) is 29.8 Å². The number of nitrogens with zero attached hydrogens (tertiary/aromatic N) is 4. The first-order valence-corrected chi connectivity index (χ1v) is 7.43. The molecule has 0 spiro atoms. The van der Waals surface area contributed by atoms with Crippen LogP contribution in [0.15, 0.2) is 55.4 Å². The maximum Gasteiger partial charge on any atom is 0.418 e. The van der Waals surface area contributed by atoms with Gasteiger partial charge in [-0.25, -0.2) is 14.5 Å². The predicted molar refractivity (Wildman–Crippen MR) is 86.5 cm³/mol. The molecule has 1 aromatic carbocycles. The summed E-state index contributed by atoms with van der Waals surface area (Å²) in [6.07, 6.45) is 0.857. The van der Waals surface area contributed by atoms with Crippen molar-refractivity contribution < 1.29 is 18.0 Å². The van der Waals surface area contributed by atoms with E-state index >= 15 is 0 Å². The number of urea groups is 1. The molecule has 0 fully saturated rings. The van der Waals surface area contributed by atoms with Gasteiger partial charge in [-0.15, -0.1) is 0 Å². The Balaban J connectivity index is 1.75. The van der Waals surface area contributed by atoms with Crippen molar-refractivity contribution in [1.82, 2.24) is 25.1 Å². The van der Waals surface area contributed by atoms with Crippen molar-refractivity contribution in [3.8, 4) is 5.69 Å². The maximum absolute atomic E-state index is 13.3. The van der Waals surface area contributed by atoms with Crippen LogP contribution in [0.1, 0.15) is 11.1 Å². The van der Waals surface area contributed by atoms with Crippen LogP contribution in [0.5, 0.6) is 0 Å². The number of pyridine rings is 1. The van der Waals surface area contributed by atoms with Crippen molar-refractivity contribution in [3.05, 3.63) is 66.5 Å². The quantitative estimate of drug-likeness (QED) is 0.747. The average Bonchev–Trinajstić information content (AvgIpc) is 3.14. The fourth-order valence-corrected chi connectivity index (χ4v) is 2.23. The summed E-state index contributed by atoms with van der Waals surface area (Å²) < 4.78 is 41.0. The minimum absolute atomic E-state index is 0.00452. The number of amides is 2. The van der Waals surface area contributed by atoms with Crippen molar-refractivity contribution in [1.29, 1.82) is 0 Å². The Morgan fingerprint density at radius 3 is 2.69 bits per heavy atom. The molecule has 0 saturated heterocycles. The van der Waals surface area contributed by atoms with Crippen molar-refractivity contribution in [3.63, 3.8) is 0 Å². The van der Waals surface area contributed by atoms with Gasteiger partial charge in [0.15, 0.2) is 0 Å². The highest BCUT2D eigenvalue weighted by Crippen LogP contribution is 2.35. The smallest absolute Gasteiger partial charge is 0.334 e. The van der Waals surface area contributed by atoms with E-state index in [2.05, 4.69) is 25.7 Å². The highest BCUT2D eigenvalue weighted by molar-refractivity contribution is 5.89. The number of alkyl halides is 3. The third kappa shape index (κ3) is 4.15. The van der Waals surface area contributed by atoms with E-state index in [1.165, 1.54) is 12.1 Å². The third-order valence-corrected chi connectivity index (χ3v) is 3.40. The summed E-state index contributed by atoms with van der Waals surface area (Å²) in [5, 5.41) is 8.64. The summed E-state index contributed by atoms with van der Waals surface area (Å²) >= 11 is 0. The van der Waals surface area contributed by atoms with Gasteiger partial charge in [0.05, 0.1) is 11.3 Å². The van der Waals surface area contributed by atoms with Gasteiger partial charge in [0.1, 0.15) is 12.7 Å². The van der Waals surface area contributed by atoms with Crippen LogP contribution < -0.4 is 10.6 Å². The van der Waals surface area contributed by atoms with E-state index < -0.39 is 17.8 Å². The van der Waals surface area contributed by atoms with Crippen LogP contribution in [-0.4, -0.2) is 25.8 Å². The molecule has 0 aliphatic carbocycles. The molecule has 26 heavy (non-hydrogen) atoms. The lowest BCUT2D eigenvalue weighted by atomic mass is 10.1. The van der Waals surface area contributed by atoms with E-state index in [0.717, 1.165) is 29.0 Å². The largest absolute Gasteiger partial charge is 0.418 e. The monoisotopic (exact) mass is 362 g/mol. The molecule has 0 unspecified atom stereocenters. The SMILES string of the molecule is O=C(NCc1cccnc1)Nc1ccc(-n2cncn2)c(C(F)(F)F)c1. The van der Waals surface area contributed by atoms with Crippen LogP contribution in [-0.2, 0) is 12.7 Å². The Bertz CT molecular complexity index is 881. The molecule has 0 saturated carbocycles. The molecule has 0 aliphatic heterocycles. The first-order chi connectivity index (χ1) is 12.4. The molecule has 2 aromatic heterocycles. The van der Waals surface area contributed by atoms with Crippen LogP contribution >= 0.6 is 0 Å². The zero-order valence-corrected chi connectivity index (χ0v) is 13.2. The van der Waals surface area contributed by atoms with Gasteiger partial charge in [-0.1, -0.05) is 6.07 Å². The first-order valence-electron chi connectivity index (χ1n) is 7.43. The molecule has 3 aromatic rings. The Morgan fingerprint density at radius 2 is 2.04 bits per heavy atom. The molecule has 10 heteroatoms. The zero-order chi connectivity index (χ0) is 18.6. The molecule has 0 aliphatic rings. The number of carbonyl (C=O) groups is 1. The zero-order valence-electron chi connectivity index (χ0n) is 13.2. The van der Waals surface area contributed by atoms with Gasteiger partial charge < -0.3 is 10.6 Å².